The zero-order valence-corrected chi connectivity index (χ0v) is 12.5. The molecule has 0 bridgehead atoms. The Morgan fingerprint density at radius 1 is 1.35 bits per heavy atom. The molecular formula is C14H20INO. The Kier molecular flexibility index (Phi) is 5.25. The van der Waals surface area contributed by atoms with Crippen molar-refractivity contribution in [2.45, 2.75) is 19.4 Å². The molecule has 1 heterocycles. The Morgan fingerprint density at radius 3 is 2.82 bits per heavy atom. The molecule has 17 heavy (non-hydrogen) atoms. The first-order valence-electron chi connectivity index (χ1n) is 6.23. The van der Waals surface area contributed by atoms with Crippen LogP contribution in [0.2, 0.25) is 0 Å². The molecule has 3 heteroatoms. The fourth-order valence-corrected chi connectivity index (χ4v) is 2.87. The molecule has 1 aromatic rings. The highest BCUT2D eigenvalue weighted by molar-refractivity contribution is 14.1. The van der Waals surface area contributed by atoms with E-state index in [1.165, 1.54) is 35.1 Å². The standard InChI is InChI=1S/C14H20INO/c1-17-11-13-3-2-8-16(10-13)9-12-4-6-14(15)7-5-12/h4-7,13H,2-3,8-11H2,1H3. The van der Waals surface area contributed by atoms with Gasteiger partial charge in [-0.05, 0) is 65.6 Å². The summed E-state index contributed by atoms with van der Waals surface area (Å²) >= 11 is 2.35. The number of nitrogens with zero attached hydrogens (tertiary/aromatic N) is 1. The van der Waals surface area contributed by atoms with Crippen LogP contribution >= 0.6 is 22.6 Å². The summed E-state index contributed by atoms with van der Waals surface area (Å²) in [5.41, 5.74) is 1.42. The fraction of sp³-hybridized carbons (Fsp3) is 0.571. The lowest BCUT2D eigenvalue weighted by Crippen LogP contribution is -2.36. The first kappa shape index (κ1) is 13.3. The van der Waals surface area contributed by atoms with Crippen molar-refractivity contribution in [2.24, 2.45) is 5.92 Å². The molecule has 0 radical (unpaired) electrons. The smallest absolute Gasteiger partial charge is 0.0502 e. The van der Waals surface area contributed by atoms with Gasteiger partial charge >= 0.3 is 0 Å². The van der Waals surface area contributed by atoms with Gasteiger partial charge < -0.3 is 4.74 Å². The molecule has 1 atom stereocenters. The first-order valence-corrected chi connectivity index (χ1v) is 7.31. The number of benzene rings is 1. The van der Waals surface area contributed by atoms with Gasteiger partial charge in [-0.2, -0.15) is 0 Å². The molecule has 0 amide bonds. The summed E-state index contributed by atoms with van der Waals surface area (Å²) < 4.78 is 6.58. The van der Waals surface area contributed by atoms with Gasteiger partial charge in [-0.25, -0.2) is 0 Å². The third-order valence-electron chi connectivity index (χ3n) is 3.32. The van der Waals surface area contributed by atoms with E-state index in [4.69, 9.17) is 4.74 Å². The molecule has 0 N–H and O–H groups in total. The van der Waals surface area contributed by atoms with E-state index in [-0.39, 0.29) is 0 Å². The molecule has 1 aromatic carbocycles. The summed E-state index contributed by atoms with van der Waals surface area (Å²) in [5, 5.41) is 0. The van der Waals surface area contributed by atoms with Crippen LogP contribution in [-0.2, 0) is 11.3 Å². The largest absolute Gasteiger partial charge is 0.384 e. The van der Waals surface area contributed by atoms with Crippen LogP contribution in [0.4, 0.5) is 0 Å². The topological polar surface area (TPSA) is 12.5 Å². The van der Waals surface area contributed by atoms with Crippen molar-refractivity contribution in [1.82, 2.24) is 4.90 Å². The second kappa shape index (κ2) is 6.71. The van der Waals surface area contributed by atoms with E-state index in [2.05, 4.69) is 51.8 Å². The molecule has 0 aromatic heterocycles. The molecule has 0 spiro atoms. The Morgan fingerprint density at radius 2 is 2.12 bits per heavy atom. The predicted molar refractivity (Wildman–Crippen MR) is 79.0 cm³/mol. The van der Waals surface area contributed by atoms with Gasteiger partial charge in [0.25, 0.3) is 0 Å². The van der Waals surface area contributed by atoms with E-state index in [1.54, 1.807) is 7.11 Å². The van der Waals surface area contributed by atoms with Crippen molar-refractivity contribution in [2.75, 3.05) is 26.8 Å². The van der Waals surface area contributed by atoms with E-state index in [0.29, 0.717) is 0 Å². The SMILES string of the molecule is COCC1CCCN(Cc2ccc(I)cc2)C1. The van der Waals surface area contributed by atoms with Gasteiger partial charge in [-0.1, -0.05) is 12.1 Å². The van der Waals surface area contributed by atoms with E-state index in [0.717, 1.165) is 19.1 Å². The summed E-state index contributed by atoms with van der Waals surface area (Å²) in [5.74, 6) is 0.720. The molecule has 1 saturated heterocycles. The van der Waals surface area contributed by atoms with E-state index < -0.39 is 0 Å². The number of halogens is 1. The highest BCUT2D eigenvalue weighted by atomic mass is 127. The minimum absolute atomic E-state index is 0.720. The van der Waals surface area contributed by atoms with Crippen molar-refractivity contribution in [1.29, 1.82) is 0 Å². The lowest BCUT2D eigenvalue weighted by Gasteiger charge is -2.32. The molecule has 94 valence electrons. The Hall–Kier alpha value is -0.130. The quantitative estimate of drug-likeness (QED) is 0.778. The minimum Gasteiger partial charge on any atom is -0.384 e. The van der Waals surface area contributed by atoms with Gasteiger partial charge in [0.2, 0.25) is 0 Å². The molecular weight excluding hydrogens is 325 g/mol. The normalized spacial score (nSPS) is 21.6. The highest BCUT2D eigenvalue weighted by Gasteiger charge is 2.19. The number of hydrogen-bond donors (Lipinski definition) is 0. The van der Waals surface area contributed by atoms with Gasteiger partial charge in [0.15, 0.2) is 0 Å². The van der Waals surface area contributed by atoms with Crippen LogP contribution < -0.4 is 0 Å². The number of likely N-dealkylation sites (tertiary alicyclic amines) is 1. The third-order valence-corrected chi connectivity index (χ3v) is 4.04. The van der Waals surface area contributed by atoms with Crippen molar-refractivity contribution < 1.29 is 4.74 Å². The highest BCUT2D eigenvalue weighted by Crippen LogP contribution is 2.19. The number of hydrogen-bond acceptors (Lipinski definition) is 2. The zero-order valence-electron chi connectivity index (χ0n) is 10.4. The number of rotatable bonds is 4. The van der Waals surface area contributed by atoms with E-state index in [9.17, 15) is 0 Å². The lowest BCUT2D eigenvalue weighted by atomic mass is 9.98. The Balaban J connectivity index is 1.87. The average molecular weight is 345 g/mol. The monoisotopic (exact) mass is 345 g/mol. The maximum absolute atomic E-state index is 5.27. The summed E-state index contributed by atoms with van der Waals surface area (Å²) in [6.07, 6.45) is 2.62. The van der Waals surface area contributed by atoms with Crippen molar-refractivity contribution >= 4 is 22.6 Å². The van der Waals surface area contributed by atoms with Crippen LogP contribution in [0.3, 0.4) is 0 Å². The second-order valence-corrected chi connectivity index (χ2v) is 6.07. The number of methoxy groups -OCH3 is 1. The average Bonchev–Trinajstić information content (AvgIpc) is 2.33. The Bertz CT molecular complexity index is 337. The maximum atomic E-state index is 5.27. The molecule has 1 unspecified atom stereocenters. The molecule has 0 aliphatic carbocycles. The van der Waals surface area contributed by atoms with Crippen LogP contribution in [0.5, 0.6) is 0 Å². The summed E-state index contributed by atoms with van der Waals surface area (Å²) in [4.78, 5) is 2.55. The number of ether oxygens (including phenoxy) is 1. The van der Waals surface area contributed by atoms with E-state index >= 15 is 0 Å². The van der Waals surface area contributed by atoms with Crippen molar-refractivity contribution in [3.8, 4) is 0 Å². The third kappa shape index (κ3) is 4.23. The molecule has 1 aliphatic heterocycles. The Labute approximate surface area is 117 Å². The molecule has 1 aliphatic rings. The predicted octanol–water partition coefficient (Wildman–Crippen LogP) is 3.15. The minimum atomic E-state index is 0.720. The van der Waals surface area contributed by atoms with Gasteiger partial charge in [-0.3, -0.25) is 4.90 Å². The van der Waals surface area contributed by atoms with E-state index in [1.807, 2.05) is 0 Å². The fourth-order valence-electron chi connectivity index (χ4n) is 2.51. The van der Waals surface area contributed by atoms with Crippen LogP contribution in [0.25, 0.3) is 0 Å². The molecule has 2 nitrogen and oxygen atoms in total. The van der Waals surface area contributed by atoms with Crippen LogP contribution in [0.15, 0.2) is 24.3 Å². The molecule has 0 saturated carbocycles. The molecule has 1 fully saturated rings. The van der Waals surface area contributed by atoms with Crippen LogP contribution in [-0.4, -0.2) is 31.7 Å². The van der Waals surface area contributed by atoms with Gasteiger partial charge in [-0.15, -0.1) is 0 Å². The van der Waals surface area contributed by atoms with Crippen molar-refractivity contribution in [3.63, 3.8) is 0 Å². The zero-order chi connectivity index (χ0) is 12.1. The number of piperidine rings is 1. The first-order chi connectivity index (χ1) is 8.28. The van der Waals surface area contributed by atoms with Gasteiger partial charge in [0.1, 0.15) is 0 Å². The lowest BCUT2D eigenvalue weighted by molar-refractivity contribution is 0.0874. The van der Waals surface area contributed by atoms with Crippen LogP contribution in [0, 0.1) is 9.49 Å². The van der Waals surface area contributed by atoms with Crippen LogP contribution in [0.1, 0.15) is 18.4 Å². The second-order valence-electron chi connectivity index (χ2n) is 4.83. The summed E-state index contributed by atoms with van der Waals surface area (Å²) in [6, 6.07) is 8.85. The molecule has 2 rings (SSSR count). The maximum Gasteiger partial charge on any atom is 0.0502 e. The summed E-state index contributed by atoms with van der Waals surface area (Å²) in [7, 11) is 1.80. The van der Waals surface area contributed by atoms with Gasteiger partial charge in [0, 0.05) is 23.8 Å². The van der Waals surface area contributed by atoms with Crippen molar-refractivity contribution in [3.05, 3.63) is 33.4 Å². The van der Waals surface area contributed by atoms with Gasteiger partial charge in [0.05, 0.1) is 6.61 Å². The summed E-state index contributed by atoms with van der Waals surface area (Å²) in [6.45, 7) is 4.40.